The number of carbonyl (C=O) groups is 1. The molecule has 0 aliphatic carbocycles. The fourth-order valence-electron chi connectivity index (χ4n) is 4.25. The second kappa shape index (κ2) is 9.07. The van der Waals surface area contributed by atoms with Gasteiger partial charge in [0.15, 0.2) is 0 Å². The Kier molecular flexibility index (Phi) is 5.83. The summed E-state index contributed by atoms with van der Waals surface area (Å²) in [6.45, 7) is 5.53. The fourth-order valence-corrected chi connectivity index (χ4v) is 5.29. The number of benzene rings is 2. The molecule has 1 N–H and O–H groups in total. The maximum absolute atomic E-state index is 13.1. The molecule has 0 unspecified atom stereocenters. The Bertz CT molecular complexity index is 1280. The summed E-state index contributed by atoms with van der Waals surface area (Å²) in [7, 11) is 1.59. The molecule has 7 nitrogen and oxygen atoms in total. The zero-order chi connectivity index (χ0) is 22.8. The van der Waals surface area contributed by atoms with E-state index in [1.54, 1.807) is 13.4 Å². The number of fused-ring (bicyclic) bond motifs is 1. The average Bonchev–Trinajstić information content (AvgIpc) is 3.22. The molecule has 1 aliphatic rings. The number of thiophene rings is 1. The number of carbonyl (C=O) groups excluding carboxylic acids is 1. The number of aromatic nitrogens is 2. The smallest absolute Gasteiger partial charge is 0.266 e. The van der Waals surface area contributed by atoms with Gasteiger partial charge < -0.3 is 19.9 Å². The Labute approximate surface area is 196 Å². The highest BCUT2D eigenvalue weighted by Gasteiger charge is 2.25. The third kappa shape index (κ3) is 4.09. The number of hydrogen-bond acceptors (Lipinski definition) is 7. The molecule has 168 valence electrons. The third-order valence-corrected chi connectivity index (χ3v) is 7.17. The Morgan fingerprint density at radius 1 is 0.970 bits per heavy atom. The highest BCUT2D eigenvalue weighted by molar-refractivity contribution is 7.20. The Morgan fingerprint density at radius 3 is 2.42 bits per heavy atom. The summed E-state index contributed by atoms with van der Waals surface area (Å²) < 4.78 is 5.37. The summed E-state index contributed by atoms with van der Waals surface area (Å²) in [5, 5.41) is 3.94. The summed E-state index contributed by atoms with van der Waals surface area (Å²) in [5.74, 6) is 1.36. The van der Waals surface area contributed by atoms with Gasteiger partial charge in [-0.1, -0.05) is 30.3 Å². The van der Waals surface area contributed by atoms with Crippen LogP contribution in [0.1, 0.15) is 15.2 Å². The van der Waals surface area contributed by atoms with E-state index >= 15 is 0 Å². The number of para-hydroxylation sites is 3. The van der Waals surface area contributed by atoms with Crippen molar-refractivity contribution in [3.63, 3.8) is 0 Å². The fraction of sp³-hybridized carbons (Fsp3) is 0.240. The van der Waals surface area contributed by atoms with E-state index in [2.05, 4.69) is 49.4 Å². The first-order valence-electron chi connectivity index (χ1n) is 10.9. The van der Waals surface area contributed by atoms with Crippen LogP contribution in [0, 0.1) is 6.92 Å². The number of ether oxygens (including phenoxy) is 1. The number of rotatable bonds is 5. The molecule has 0 spiro atoms. The minimum atomic E-state index is -0.167. The van der Waals surface area contributed by atoms with E-state index in [-0.39, 0.29) is 5.91 Å². The van der Waals surface area contributed by atoms with Crippen LogP contribution in [-0.2, 0) is 0 Å². The van der Waals surface area contributed by atoms with Crippen molar-refractivity contribution in [2.45, 2.75) is 6.92 Å². The highest BCUT2D eigenvalue weighted by atomic mass is 32.1. The average molecular weight is 460 g/mol. The van der Waals surface area contributed by atoms with Gasteiger partial charge in [0.2, 0.25) is 0 Å². The standard InChI is InChI=1S/C25H25N5O2S/c1-17-21-23(30-14-12-29(13-15-30)18-8-4-3-5-9-18)26-16-27-25(21)33-22(17)24(31)28-19-10-6-7-11-20(19)32-2/h3-11,16H,12-15H2,1-2H3,(H,28,31). The van der Waals surface area contributed by atoms with E-state index in [9.17, 15) is 4.79 Å². The predicted octanol–water partition coefficient (Wildman–Crippen LogP) is 4.59. The summed E-state index contributed by atoms with van der Waals surface area (Å²) >= 11 is 1.40. The van der Waals surface area contributed by atoms with Gasteiger partial charge in [-0.15, -0.1) is 11.3 Å². The van der Waals surface area contributed by atoms with Gasteiger partial charge in [0.25, 0.3) is 5.91 Å². The van der Waals surface area contributed by atoms with Gasteiger partial charge in [0, 0.05) is 31.9 Å². The minimum Gasteiger partial charge on any atom is -0.495 e. The van der Waals surface area contributed by atoms with E-state index in [4.69, 9.17) is 4.74 Å². The summed E-state index contributed by atoms with van der Waals surface area (Å²) in [6, 6.07) is 17.9. The molecule has 5 rings (SSSR count). The van der Waals surface area contributed by atoms with Crippen LogP contribution in [0.25, 0.3) is 10.2 Å². The lowest BCUT2D eigenvalue weighted by Gasteiger charge is -2.37. The molecule has 2 aromatic carbocycles. The van der Waals surface area contributed by atoms with Gasteiger partial charge in [-0.05, 0) is 36.8 Å². The molecule has 1 amide bonds. The molecule has 1 fully saturated rings. The molecule has 8 heteroatoms. The van der Waals surface area contributed by atoms with Crippen molar-refractivity contribution >= 4 is 44.7 Å². The van der Waals surface area contributed by atoms with Crippen LogP contribution in [0.15, 0.2) is 60.9 Å². The van der Waals surface area contributed by atoms with Crippen molar-refractivity contribution in [1.82, 2.24) is 9.97 Å². The van der Waals surface area contributed by atoms with Crippen LogP contribution in [0.5, 0.6) is 5.75 Å². The van der Waals surface area contributed by atoms with Gasteiger partial charge in [-0.25, -0.2) is 9.97 Å². The molecule has 4 aromatic rings. The molecule has 3 heterocycles. The monoisotopic (exact) mass is 459 g/mol. The second-order valence-corrected chi connectivity index (χ2v) is 8.90. The molecule has 33 heavy (non-hydrogen) atoms. The lowest BCUT2D eigenvalue weighted by Crippen LogP contribution is -2.46. The zero-order valence-corrected chi connectivity index (χ0v) is 19.4. The van der Waals surface area contributed by atoms with Crippen LogP contribution >= 0.6 is 11.3 Å². The molecule has 1 saturated heterocycles. The van der Waals surface area contributed by atoms with Crippen molar-refractivity contribution in [3.05, 3.63) is 71.4 Å². The van der Waals surface area contributed by atoms with Gasteiger partial charge in [0.05, 0.1) is 23.1 Å². The van der Waals surface area contributed by atoms with Gasteiger partial charge in [-0.2, -0.15) is 0 Å². The van der Waals surface area contributed by atoms with Crippen LogP contribution in [-0.4, -0.2) is 49.2 Å². The maximum Gasteiger partial charge on any atom is 0.266 e. The quantitative estimate of drug-likeness (QED) is 0.471. The minimum absolute atomic E-state index is 0.167. The first kappa shape index (κ1) is 21.2. The number of anilines is 3. The largest absolute Gasteiger partial charge is 0.495 e. The topological polar surface area (TPSA) is 70.6 Å². The Balaban J connectivity index is 1.40. The first-order valence-corrected chi connectivity index (χ1v) is 11.7. The molecule has 0 radical (unpaired) electrons. The SMILES string of the molecule is COc1ccccc1NC(=O)c1sc2ncnc(N3CCN(c4ccccc4)CC3)c2c1C. The number of nitrogens with one attached hydrogen (secondary N) is 1. The number of piperazine rings is 1. The molecule has 0 atom stereocenters. The van der Waals surface area contributed by atoms with Gasteiger partial charge >= 0.3 is 0 Å². The number of methoxy groups -OCH3 is 1. The molecule has 0 bridgehead atoms. The van der Waals surface area contributed by atoms with E-state index in [1.165, 1.54) is 17.0 Å². The highest BCUT2D eigenvalue weighted by Crippen LogP contribution is 2.36. The van der Waals surface area contributed by atoms with E-state index in [0.29, 0.717) is 16.3 Å². The van der Waals surface area contributed by atoms with Gasteiger partial charge in [-0.3, -0.25) is 4.79 Å². The lowest BCUT2D eigenvalue weighted by atomic mass is 10.1. The molecular weight excluding hydrogens is 434 g/mol. The summed E-state index contributed by atoms with van der Waals surface area (Å²) in [4.78, 5) is 28.4. The van der Waals surface area contributed by atoms with Crippen molar-refractivity contribution in [3.8, 4) is 5.75 Å². The van der Waals surface area contributed by atoms with Crippen molar-refractivity contribution in [2.75, 3.05) is 48.4 Å². The van der Waals surface area contributed by atoms with Crippen LogP contribution < -0.4 is 19.9 Å². The maximum atomic E-state index is 13.1. The molecule has 2 aromatic heterocycles. The first-order chi connectivity index (χ1) is 16.2. The second-order valence-electron chi connectivity index (χ2n) is 7.90. The van der Waals surface area contributed by atoms with Crippen molar-refractivity contribution < 1.29 is 9.53 Å². The predicted molar refractivity (Wildman–Crippen MR) is 134 cm³/mol. The Hall–Kier alpha value is -3.65. The lowest BCUT2D eigenvalue weighted by molar-refractivity contribution is 0.102. The summed E-state index contributed by atoms with van der Waals surface area (Å²) in [5.41, 5.74) is 2.79. The van der Waals surface area contributed by atoms with Gasteiger partial charge in [0.1, 0.15) is 22.7 Å². The third-order valence-electron chi connectivity index (χ3n) is 5.97. The summed E-state index contributed by atoms with van der Waals surface area (Å²) in [6.07, 6.45) is 1.60. The van der Waals surface area contributed by atoms with E-state index < -0.39 is 0 Å². The van der Waals surface area contributed by atoms with Crippen LogP contribution in [0.2, 0.25) is 0 Å². The van der Waals surface area contributed by atoms with Crippen LogP contribution in [0.3, 0.4) is 0 Å². The number of amides is 1. The zero-order valence-electron chi connectivity index (χ0n) is 18.6. The van der Waals surface area contributed by atoms with E-state index in [1.807, 2.05) is 37.3 Å². The van der Waals surface area contributed by atoms with Crippen molar-refractivity contribution in [2.24, 2.45) is 0 Å². The Morgan fingerprint density at radius 2 is 1.67 bits per heavy atom. The number of nitrogens with zero attached hydrogens (tertiary/aromatic N) is 4. The molecule has 0 saturated carbocycles. The number of aryl methyl sites for hydroxylation is 1. The normalized spacial score (nSPS) is 13.9. The molecule has 1 aliphatic heterocycles. The van der Waals surface area contributed by atoms with Crippen LogP contribution in [0.4, 0.5) is 17.2 Å². The van der Waals surface area contributed by atoms with Crippen molar-refractivity contribution in [1.29, 1.82) is 0 Å². The molecular formula is C25H25N5O2S. The van der Waals surface area contributed by atoms with E-state index in [0.717, 1.165) is 47.8 Å². The number of hydrogen-bond donors (Lipinski definition) is 1.